The fourth-order valence-corrected chi connectivity index (χ4v) is 4.14. The van der Waals surface area contributed by atoms with E-state index in [1.54, 1.807) is 12.1 Å². The summed E-state index contributed by atoms with van der Waals surface area (Å²) in [6, 6.07) is 10.6. The van der Waals surface area contributed by atoms with E-state index >= 15 is 0 Å². The Labute approximate surface area is 169 Å². The van der Waals surface area contributed by atoms with Gasteiger partial charge in [0.1, 0.15) is 5.01 Å². The Bertz CT molecular complexity index is 1180. The van der Waals surface area contributed by atoms with E-state index in [0.717, 1.165) is 11.1 Å². The number of hydrogen-bond donors (Lipinski definition) is 2. The molecule has 0 aliphatic rings. The number of para-hydroxylation sites is 1. The fraction of sp³-hybridized carbons (Fsp3) is 0.118. The van der Waals surface area contributed by atoms with Gasteiger partial charge in [-0.15, -0.1) is 10.2 Å². The van der Waals surface area contributed by atoms with Gasteiger partial charge in [0.05, 0.1) is 21.1 Å². The molecule has 3 aromatic rings. The first-order chi connectivity index (χ1) is 13.8. The average Bonchev–Trinajstić information content (AvgIpc) is 3.15. The van der Waals surface area contributed by atoms with E-state index in [2.05, 4.69) is 20.2 Å². The number of carbonyl (C=O) groups is 1. The Kier molecular flexibility index (Phi) is 5.84. The Morgan fingerprint density at radius 1 is 1.17 bits per heavy atom. The third-order valence-corrected chi connectivity index (χ3v) is 6.09. The molecule has 2 aromatic carbocycles. The van der Waals surface area contributed by atoms with Gasteiger partial charge in [0.25, 0.3) is 21.6 Å². The van der Waals surface area contributed by atoms with E-state index in [0.29, 0.717) is 11.6 Å². The summed E-state index contributed by atoms with van der Waals surface area (Å²) in [6.07, 6.45) is 0.674. The van der Waals surface area contributed by atoms with E-state index in [9.17, 15) is 23.3 Å². The number of aryl methyl sites for hydroxylation is 1. The van der Waals surface area contributed by atoms with Crippen LogP contribution in [0, 0.1) is 10.1 Å². The second-order valence-electron chi connectivity index (χ2n) is 5.71. The number of hydrogen-bond acceptors (Lipinski definition) is 8. The molecule has 0 unspecified atom stereocenters. The Balaban J connectivity index is 1.87. The topological polar surface area (TPSA) is 144 Å². The van der Waals surface area contributed by atoms with Gasteiger partial charge < -0.3 is 0 Å². The molecule has 150 valence electrons. The third-order valence-electron chi connectivity index (χ3n) is 3.74. The van der Waals surface area contributed by atoms with Crippen LogP contribution in [0.25, 0.3) is 0 Å². The number of anilines is 2. The zero-order chi connectivity index (χ0) is 21.0. The normalized spacial score (nSPS) is 11.1. The average molecular weight is 433 g/mol. The Morgan fingerprint density at radius 2 is 1.93 bits per heavy atom. The van der Waals surface area contributed by atoms with Crippen LogP contribution < -0.4 is 10.0 Å². The number of carbonyl (C=O) groups excluding carboxylic acids is 1. The van der Waals surface area contributed by atoms with Crippen LogP contribution in [0.15, 0.2) is 53.4 Å². The molecule has 0 aliphatic heterocycles. The van der Waals surface area contributed by atoms with Crippen molar-refractivity contribution in [1.82, 2.24) is 10.2 Å². The minimum absolute atomic E-state index is 0.0248. The fourth-order valence-electron chi connectivity index (χ4n) is 2.35. The summed E-state index contributed by atoms with van der Waals surface area (Å²) >= 11 is 1.22. The van der Waals surface area contributed by atoms with Crippen molar-refractivity contribution in [3.8, 4) is 0 Å². The highest BCUT2D eigenvalue weighted by Gasteiger charge is 2.21. The number of nitrogens with zero attached hydrogens (tertiary/aromatic N) is 3. The lowest BCUT2D eigenvalue weighted by Gasteiger charge is -2.12. The molecule has 2 N–H and O–H groups in total. The molecule has 0 saturated carbocycles. The quantitative estimate of drug-likeness (QED) is 0.430. The molecule has 0 spiro atoms. The van der Waals surface area contributed by atoms with E-state index < -0.39 is 20.9 Å². The molecule has 0 aliphatic carbocycles. The molecule has 0 radical (unpaired) electrons. The standard InChI is InChI=1S/C17H15N5O5S2/c1-2-15-19-20-17(28-15)18-16(23)13-8-3-4-9-14(13)21-29(26,27)12-7-5-6-11(10-12)22(24)25/h3-10,21H,2H2,1H3,(H,18,20,23). The molecule has 0 atom stereocenters. The maximum atomic E-state index is 12.7. The maximum Gasteiger partial charge on any atom is 0.270 e. The minimum Gasteiger partial charge on any atom is -0.296 e. The number of amides is 1. The van der Waals surface area contributed by atoms with Crippen molar-refractivity contribution in [1.29, 1.82) is 0 Å². The summed E-state index contributed by atoms with van der Waals surface area (Å²) < 4.78 is 27.6. The van der Waals surface area contributed by atoms with Crippen LogP contribution in [0.1, 0.15) is 22.3 Å². The van der Waals surface area contributed by atoms with Gasteiger partial charge >= 0.3 is 0 Å². The second-order valence-corrected chi connectivity index (χ2v) is 8.46. The molecule has 1 amide bonds. The highest BCUT2D eigenvalue weighted by Crippen LogP contribution is 2.24. The van der Waals surface area contributed by atoms with Crippen molar-refractivity contribution >= 4 is 43.8 Å². The monoisotopic (exact) mass is 433 g/mol. The van der Waals surface area contributed by atoms with Gasteiger partial charge in [0, 0.05) is 12.1 Å². The molecule has 12 heteroatoms. The largest absolute Gasteiger partial charge is 0.296 e. The lowest BCUT2D eigenvalue weighted by Crippen LogP contribution is -2.18. The number of non-ortho nitro benzene ring substituents is 1. The van der Waals surface area contributed by atoms with Crippen LogP contribution in [0.4, 0.5) is 16.5 Å². The SMILES string of the molecule is CCc1nnc(NC(=O)c2ccccc2NS(=O)(=O)c2cccc([N+](=O)[O-])c2)s1. The number of nitro benzene ring substituents is 1. The number of benzene rings is 2. The van der Waals surface area contributed by atoms with E-state index in [1.165, 1.54) is 41.7 Å². The van der Waals surface area contributed by atoms with Gasteiger partial charge in [-0.25, -0.2) is 8.42 Å². The smallest absolute Gasteiger partial charge is 0.270 e. The van der Waals surface area contributed by atoms with Crippen molar-refractivity contribution < 1.29 is 18.1 Å². The summed E-state index contributed by atoms with van der Waals surface area (Å²) in [6.45, 7) is 1.91. The molecule has 1 heterocycles. The number of sulfonamides is 1. The molecule has 29 heavy (non-hydrogen) atoms. The summed E-state index contributed by atoms with van der Waals surface area (Å²) in [5.41, 5.74) is -0.270. The minimum atomic E-state index is -4.16. The van der Waals surface area contributed by atoms with Crippen molar-refractivity contribution in [2.45, 2.75) is 18.2 Å². The van der Waals surface area contributed by atoms with Crippen molar-refractivity contribution in [3.05, 3.63) is 69.2 Å². The van der Waals surface area contributed by atoms with Gasteiger partial charge in [-0.3, -0.25) is 24.9 Å². The third kappa shape index (κ3) is 4.73. The van der Waals surface area contributed by atoms with Gasteiger partial charge in [-0.05, 0) is 24.6 Å². The first-order valence-corrected chi connectivity index (χ1v) is 10.6. The molecule has 10 nitrogen and oxygen atoms in total. The highest BCUT2D eigenvalue weighted by molar-refractivity contribution is 7.92. The Hall–Kier alpha value is -3.38. The molecule has 3 rings (SSSR count). The van der Waals surface area contributed by atoms with Crippen molar-refractivity contribution in [3.63, 3.8) is 0 Å². The molecule has 0 bridgehead atoms. The lowest BCUT2D eigenvalue weighted by atomic mass is 10.2. The lowest BCUT2D eigenvalue weighted by molar-refractivity contribution is -0.385. The summed E-state index contributed by atoms with van der Waals surface area (Å²) in [5.74, 6) is -0.568. The van der Waals surface area contributed by atoms with Crippen LogP contribution in [0.3, 0.4) is 0 Å². The number of nitro groups is 1. The molecule has 1 aromatic heterocycles. The number of aromatic nitrogens is 2. The molecule has 0 saturated heterocycles. The zero-order valence-corrected chi connectivity index (χ0v) is 16.7. The maximum absolute atomic E-state index is 12.7. The van der Waals surface area contributed by atoms with Crippen LogP contribution in [-0.4, -0.2) is 29.4 Å². The molecular formula is C17H15N5O5S2. The zero-order valence-electron chi connectivity index (χ0n) is 15.0. The van der Waals surface area contributed by atoms with Crippen LogP contribution in [-0.2, 0) is 16.4 Å². The molecular weight excluding hydrogens is 418 g/mol. The van der Waals surface area contributed by atoms with Gasteiger partial charge in [-0.2, -0.15) is 0 Å². The van der Waals surface area contributed by atoms with Crippen molar-refractivity contribution in [2.24, 2.45) is 0 Å². The Morgan fingerprint density at radius 3 is 2.62 bits per heavy atom. The van der Waals surface area contributed by atoms with E-state index in [4.69, 9.17) is 0 Å². The van der Waals surface area contributed by atoms with Crippen LogP contribution in [0.2, 0.25) is 0 Å². The number of rotatable bonds is 7. The first kappa shape index (κ1) is 20.4. The first-order valence-electron chi connectivity index (χ1n) is 8.30. The highest BCUT2D eigenvalue weighted by atomic mass is 32.2. The van der Waals surface area contributed by atoms with E-state index in [1.807, 2.05) is 6.92 Å². The van der Waals surface area contributed by atoms with Gasteiger partial charge in [0.15, 0.2) is 0 Å². The van der Waals surface area contributed by atoms with E-state index in [-0.39, 0.29) is 21.8 Å². The van der Waals surface area contributed by atoms with Crippen molar-refractivity contribution in [2.75, 3.05) is 10.0 Å². The van der Waals surface area contributed by atoms with Crippen LogP contribution in [0.5, 0.6) is 0 Å². The predicted molar refractivity (Wildman–Crippen MR) is 108 cm³/mol. The summed E-state index contributed by atoms with van der Waals surface area (Å²) in [5, 5.41) is 22.3. The second kappa shape index (κ2) is 8.32. The van der Waals surface area contributed by atoms with Gasteiger partial charge in [0.2, 0.25) is 5.13 Å². The molecule has 0 fully saturated rings. The summed E-state index contributed by atoms with van der Waals surface area (Å²) in [4.78, 5) is 22.5. The summed E-state index contributed by atoms with van der Waals surface area (Å²) in [7, 11) is -4.16. The van der Waals surface area contributed by atoms with Crippen LogP contribution >= 0.6 is 11.3 Å². The van der Waals surface area contributed by atoms with Gasteiger partial charge in [-0.1, -0.05) is 36.5 Å². The predicted octanol–water partition coefficient (Wildman–Crippen LogP) is 3.06. The number of nitrogens with one attached hydrogen (secondary N) is 2.